The lowest BCUT2D eigenvalue weighted by molar-refractivity contribution is -0.139. The van der Waals surface area contributed by atoms with Crippen LogP contribution in [0.5, 0.6) is 5.75 Å². The topological polar surface area (TPSA) is 578 Å². The van der Waals surface area contributed by atoms with E-state index >= 15 is 0 Å². The summed E-state index contributed by atoms with van der Waals surface area (Å²) in [5.41, 5.74) is 16.5. The molecule has 2 saturated heterocycles. The highest BCUT2D eigenvalue weighted by Crippen LogP contribution is 2.28. The van der Waals surface area contributed by atoms with Gasteiger partial charge >= 0.3 is 17.9 Å². The highest BCUT2D eigenvalue weighted by Gasteiger charge is 2.40. The molecule has 0 radical (unpaired) electrons. The van der Waals surface area contributed by atoms with Crippen LogP contribution in [0.1, 0.15) is 120 Å². The largest absolute Gasteiger partial charge is 0.508 e. The smallest absolute Gasteiger partial charge is 0.328 e. The number of amides is 2. The van der Waals surface area contributed by atoms with Crippen molar-refractivity contribution in [2.24, 2.45) is 62.3 Å². The molecule has 11 unspecified atom stereocenters. The second kappa shape index (κ2) is 42.1. The number of aromatic nitrogens is 4. The minimum absolute atomic E-state index is 0.0145. The van der Waals surface area contributed by atoms with E-state index < -0.39 is 181 Å². The maximum atomic E-state index is 14.8. The number of aliphatic carboxylic acids is 3. The predicted molar refractivity (Wildman–Crippen MR) is 428 cm³/mol. The standard InChI is InChI=1S/C76H101N17O18S/c1-42(2)32-57(89-70(104)58(35-45-38-81-52-15-7-5-13-49(45)52)90-71(105)59(36-46-39-79-41-83-46)88-66(100)50(78)34-44-37-80-51-14-6-4-12-48(44)51)69(103)85-53(23-25-64(96)97)67(101)87-55(16-8-9-28-77)74(108)92-29-10-17-61(92)72(106)82-40-63(95)84-56(24-26-65(98)99)75(109)93-30-11-18-62(93)73(107)86-54(27-31-112-3)68(102)91-60(76(110)111)33-43-19-21-47(94)22-20-43/h4-7,12-15,19-22,37-39,41-42,50,53-62,80-81,94H,8-11,16-18,23-36,40,77-78H2,1-3H3,(H,79,83)(H,82,106)(H,84,95)(H,85,103)(H,86,107)(H,87,101)(H,88,100)(H,89,104)(H,90,105)(H,91,102)(H,96,97)(H,98,99)(H,110,111). The van der Waals surface area contributed by atoms with Gasteiger partial charge in [-0.1, -0.05) is 62.4 Å². The van der Waals surface area contributed by atoms with Gasteiger partial charge in [0.25, 0.3) is 0 Å². The molecule has 604 valence electrons. The highest BCUT2D eigenvalue weighted by molar-refractivity contribution is 7.98. The van der Waals surface area contributed by atoms with Crippen molar-refractivity contribution in [3.05, 3.63) is 120 Å². The Hall–Kier alpha value is -11.4. The number of nitrogens with two attached hydrogens (primary N) is 2. The maximum Gasteiger partial charge on any atom is 0.328 e. The van der Waals surface area contributed by atoms with Crippen molar-refractivity contribution in [2.75, 3.05) is 38.2 Å². The number of carbonyl (C=O) groups excluding carboxylic acids is 2. The Balaban J connectivity index is 1.04. The summed E-state index contributed by atoms with van der Waals surface area (Å²) in [7, 11) is 0. The van der Waals surface area contributed by atoms with Crippen LogP contribution in [0.3, 0.4) is 0 Å². The number of carbonyl (C=O) groups is 5. The van der Waals surface area contributed by atoms with Crippen molar-refractivity contribution in [3.8, 4) is 5.75 Å². The fourth-order valence-electron chi connectivity index (χ4n) is 13.2. The molecule has 0 bridgehead atoms. The molecule has 3 aromatic carbocycles. The van der Waals surface area contributed by atoms with Crippen molar-refractivity contribution in [1.82, 2.24) is 29.7 Å². The number of fused-ring (bicyclic) bond motifs is 2. The molecule has 8 rings (SSSR count). The van der Waals surface area contributed by atoms with E-state index in [1.807, 2.05) is 48.5 Å². The molecule has 2 aliphatic rings. The molecule has 20 N–H and O–H groups in total. The van der Waals surface area contributed by atoms with Gasteiger partial charge in [0.1, 0.15) is 66.7 Å². The van der Waals surface area contributed by atoms with Gasteiger partial charge in [-0.2, -0.15) is 11.8 Å². The molecule has 2 aliphatic heterocycles. The Morgan fingerprint density at radius 1 is 0.545 bits per heavy atom. The van der Waals surface area contributed by atoms with Gasteiger partial charge < -0.3 is 103 Å². The van der Waals surface area contributed by atoms with Crippen LogP contribution in [0.4, 0.5) is 0 Å². The van der Waals surface area contributed by atoms with E-state index in [9.17, 15) is 90.4 Å². The van der Waals surface area contributed by atoms with Crippen LogP contribution >= 0.6 is 11.8 Å². The second-order valence-electron chi connectivity index (χ2n) is 27.9. The minimum Gasteiger partial charge on any atom is -0.508 e. The van der Waals surface area contributed by atoms with Crippen molar-refractivity contribution < 1.29 is 90.4 Å². The zero-order valence-electron chi connectivity index (χ0n) is 62.5. The summed E-state index contributed by atoms with van der Waals surface area (Å²) < 4.78 is 0. The molecule has 36 heteroatoms. The van der Waals surface area contributed by atoms with Crippen molar-refractivity contribution in [1.29, 1.82) is 0 Å². The van der Waals surface area contributed by atoms with Gasteiger partial charge in [0.05, 0.1) is 12.4 Å². The first-order valence-electron chi connectivity index (χ1n) is 37.0. The van der Waals surface area contributed by atoms with Crippen LogP contribution in [0.15, 0.2) is 143 Å². The fourth-order valence-corrected chi connectivity index (χ4v) is 13.7. The number of unbranched alkanes of at least 4 members (excludes halogenated alkanes) is 1. The van der Waals surface area contributed by atoms with Crippen LogP contribution < -0.4 is 11.5 Å². The second-order valence-corrected chi connectivity index (χ2v) is 28.9. The fraction of sp³-hybridized carbons (Fsp3) is 0.487. The average Bonchev–Trinajstić information content (AvgIpc) is 1.61. The summed E-state index contributed by atoms with van der Waals surface area (Å²) in [6.45, 7) is 3.06. The number of aromatic hydroxyl groups is 1. The van der Waals surface area contributed by atoms with E-state index in [1.165, 1.54) is 58.4 Å². The Kier molecular flexibility index (Phi) is 32.4. The number of benzene rings is 3. The average molecular weight is 1570 g/mol. The predicted octanol–water partition coefficient (Wildman–Crippen LogP) is 7.96. The highest BCUT2D eigenvalue weighted by atomic mass is 32.2. The SMILES string of the molecule is CSCCC(N=C(O)C1CCCN1C(=O)C(CCC(=O)O)N=C(O)CN=C(O)C1CCCN1C(=O)C(CCCCN)N=C(O)C(CCC(=O)O)N=C(O)C(CC(C)C)N=C(O)C(Cc1c[nH]c2ccccc12)N=C(O)C(Cc1cnc[nH]1)N=C(O)C(N)Cc1c[nH]c2ccccc12)C(O)=NC(Cc1ccc(O)cc1)C(=O)O. The molecule has 11 atom stereocenters. The number of phenolic OH excluding ortho intramolecular Hbond substituents is 1. The lowest BCUT2D eigenvalue weighted by Gasteiger charge is -2.27. The van der Waals surface area contributed by atoms with Gasteiger partial charge in [0, 0.05) is 91.3 Å². The van der Waals surface area contributed by atoms with Crippen LogP contribution in [0.2, 0.25) is 0 Å². The molecular weight excluding hydrogens is 1470 g/mol. The Labute approximate surface area is 649 Å². The number of carboxylic acid groups (broad SMARTS) is 3. The third-order valence-corrected chi connectivity index (χ3v) is 19.7. The molecule has 0 aliphatic carbocycles. The zero-order valence-corrected chi connectivity index (χ0v) is 63.3. The number of hydrogen-bond acceptors (Lipinski definition) is 19. The van der Waals surface area contributed by atoms with Gasteiger partial charge in [-0.3, -0.25) is 19.2 Å². The Morgan fingerprint density at radius 3 is 1.61 bits per heavy atom. The molecule has 35 nitrogen and oxygen atoms in total. The Bertz CT molecular complexity index is 4440. The molecular formula is C76H101N17O18S. The molecule has 2 amide bonds. The van der Waals surface area contributed by atoms with Gasteiger partial charge in [0.2, 0.25) is 59.0 Å². The number of hydrogen-bond donors (Lipinski definition) is 18. The number of phenols is 1. The summed E-state index contributed by atoms with van der Waals surface area (Å²) in [5.74, 6) is -11.8. The van der Waals surface area contributed by atoms with Crippen molar-refractivity contribution in [3.63, 3.8) is 0 Å². The normalized spacial score (nSPS) is 18.6. The van der Waals surface area contributed by atoms with E-state index in [-0.39, 0.29) is 95.5 Å². The zero-order chi connectivity index (χ0) is 81.1. The van der Waals surface area contributed by atoms with Crippen LogP contribution in [-0.4, -0.2) is 284 Å². The summed E-state index contributed by atoms with van der Waals surface area (Å²) in [6, 6.07) is 5.74. The van der Waals surface area contributed by atoms with E-state index in [0.717, 1.165) is 27.4 Å². The van der Waals surface area contributed by atoms with Gasteiger partial charge in [-0.15, -0.1) is 0 Å². The molecule has 2 fully saturated rings. The summed E-state index contributed by atoms with van der Waals surface area (Å²) in [6.07, 6.45) is 7.45. The van der Waals surface area contributed by atoms with E-state index in [2.05, 4.69) is 64.9 Å². The molecule has 5 heterocycles. The number of nitrogens with one attached hydrogen (secondary N) is 3. The summed E-state index contributed by atoms with van der Waals surface area (Å²) in [5, 5.41) is 147. The quantitative estimate of drug-likeness (QED) is 0.00979. The number of nitrogens with zero attached hydrogens (tertiary/aromatic N) is 12. The number of para-hydroxylation sites is 2. The first kappa shape index (κ1) is 86.2. The van der Waals surface area contributed by atoms with E-state index in [1.54, 1.807) is 32.5 Å². The molecule has 0 spiro atoms. The first-order chi connectivity index (χ1) is 53.6. The maximum absolute atomic E-state index is 14.8. The third-order valence-electron chi connectivity index (χ3n) is 19.1. The van der Waals surface area contributed by atoms with Crippen LogP contribution in [0, 0.1) is 5.92 Å². The van der Waals surface area contributed by atoms with Gasteiger partial charge in [0.15, 0.2) is 11.9 Å². The number of aliphatic imine (C=N–C) groups is 9. The van der Waals surface area contributed by atoms with Crippen LogP contribution in [0.25, 0.3) is 21.8 Å². The number of likely N-dealkylation sites (tertiary alicyclic amines) is 2. The van der Waals surface area contributed by atoms with Crippen LogP contribution in [-0.2, 0) is 49.7 Å². The lowest BCUT2D eigenvalue weighted by atomic mass is 10.0. The number of imidazole rings is 1. The summed E-state index contributed by atoms with van der Waals surface area (Å²) >= 11 is 1.37. The number of H-pyrrole nitrogens is 3. The lowest BCUT2D eigenvalue weighted by Crippen LogP contribution is -2.46. The number of aliphatic hydroxyl groups excluding tert-OH is 9. The number of rotatable bonds is 44. The molecule has 0 saturated carbocycles. The van der Waals surface area contributed by atoms with E-state index in [4.69, 9.17) is 11.5 Å². The first-order valence-corrected chi connectivity index (χ1v) is 38.4. The number of aliphatic hydroxyl groups is 9. The van der Waals surface area contributed by atoms with Gasteiger partial charge in [-0.05, 0) is 142 Å². The van der Waals surface area contributed by atoms with Crippen molar-refractivity contribution >= 4 is 116 Å². The monoisotopic (exact) mass is 1570 g/mol. The molecule has 3 aromatic heterocycles. The minimum atomic E-state index is -1.65. The van der Waals surface area contributed by atoms with Gasteiger partial charge in [-0.25, -0.2) is 54.7 Å². The Morgan fingerprint density at radius 2 is 1.04 bits per heavy atom. The number of carboxylic acids is 3. The summed E-state index contributed by atoms with van der Waals surface area (Å²) in [4.78, 5) is 121. The molecule has 6 aromatic rings. The third kappa shape index (κ3) is 25.1. The number of thioether (sulfide) groups is 1. The van der Waals surface area contributed by atoms with Crippen molar-refractivity contribution in [2.45, 2.75) is 189 Å². The molecule has 112 heavy (non-hydrogen) atoms. The van der Waals surface area contributed by atoms with E-state index in [0.29, 0.717) is 41.8 Å². The number of aromatic amines is 3.